The topological polar surface area (TPSA) is 78.1 Å². The summed E-state index contributed by atoms with van der Waals surface area (Å²) in [5, 5.41) is 2.92. The van der Waals surface area contributed by atoms with Crippen molar-refractivity contribution in [2.75, 3.05) is 6.54 Å². The van der Waals surface area contributed by atoms with Gasteiger partial charge in [0, 0.05) is 29.8 Å². The Labute approximate surface area is 163 Å². The Kier molecular flexibility index (Phi) is 4.69. The molecule has 6 nitrogen and oxygen atoms in total. The van der Waals surface area contributed by atoms with Gasteiger partial charge in [0.2, 0.25) is 5.91 Å². The summed E-state index contributed by atoms with van der Waals surface area (Å²) >= 11 is 0. The van der Waals surface area contributed by atoms with E-state index >= 15 is 0 Å². The highest BCUT2D eigenvalue weighted by molar-refractivity contribution is 6.10. The van der Waals surface area contributed by atoms with Crippen molar-refractivity contribution in [2.45, 2.75) is 25.8 Å². The zero-order valence-corrected chi connectivity index (χ0v) is 15.7. The van der Waals surface area contributed by atoms with Gasteiger partial charge in [-0.15, -0.1) is 0 Å². The molecular formula is C22H22N4O2. The first-order valence-electron chi connectivity index (χ1n) is 9.39. The van der Waals surface area contributed by atoms with Crippen LogP contribution in [0, 0.1) is 0 Å². The number of aromatic amines is 1. The summed E-state index contributed by atoms with van der Waals surface area (Å²) in [6, 6.07) is 14.6. The molecular weight excluding hydrogens is 352 g/mol. The van der Waals surface area contributed by atoms with E-state index in [0.29, 0.717) is 17.8 Å². The van der Waals surface area contributed by atoms with E-state index in [0.717, 1.165) is 35.3 Å². The van der Waals surface area contributed by atoms with E-state index in [1.165, 1.54) is 4.90 Å². The van der Waals surface area contributed by atoms with Gasteiger partial charge in [-0.05, 0) is 31.5 Å². The second kappa shape index (κ2) is 7.31. The average Bonchev–Trinajstić information content (AvgIpc) is 3.23. The van der Waals surface area contributed by atoms with Gasteiger partial charge in [0.1, 0.15) is 11.9 Å². The quantitative estimate of drug-likeness (QED) is 0.651. The molecule has 0 saturated heterocycles. The number of amides is 2. The monoisotopic (exact) mass is 374 g/mol. The van der Waals surface area contributed by atoms with Crippen LogP contribution in [0.1, 0.15) is 35.1 Å². The van der Waals surface area contributed by atoms with Crippen LogP contribution in [0.4, 0.5) is 0 Å². The van der Waals surface area contributed by atoms with Gasteiger partial charge in [0.25, 0.3) is 5.91 Å². The molecule has 2 aromatic carbocycles. The van der Waals surface area contributed by atoms with Crippen LogP contribution in [-0.2, 0) is 11.2 Å². The van der Waals surface area contributed by atoms with Crippen LogP contribution in [0.3, 0.4) is 0 Å². The van der Waals surface area contributed by atoms with E-state index in [-0.39, 0.29) is 11.8 Å². The average molecular weight is 374 g/mol. The van der Waals surface area contributed by atoms with Crippen LogP contribution in [0.25, 0.3) is 16.7 Å². The molecule has 0 spiro atoms. The number of hydrogen-bond acceptors (Lipinski definition) is 3. The number of carbonyl (C=O) groups is 2. The third-order valence-electron chi connectivity index (χ3n) is 5.07. The molecule has 0 bridgehead atoms. The molecule has 28 heavy (non-hydrogen) atoms. The normalized spacial score (nSPS) is 14.4. The number of benzene rings is 2. The molecule has 1 aliphatic heterocycles. The highest BCUT2D eigenvalue weighted by Crippen LogP contribution is 2.32. The minimum Gasteiger partial charge on any atom is -0.354 e. The summed E-state index contributed by atoms with van der Waals surface area (Å²) in [6.07, 6.45) is 1.50. The number of aromatic nitrogens is 2. The smallest absolute Gasteiger partial charge is 0.259 e. The molecule has 1 atom stereocenters. The molecule has 6 heteroatoms. The predicted molar refractivity (Wildman–Crippen MR) is 109 cm³/mol. The second-order valence-electron chi connectivity index (χ2n) is 6.94. The summed E-state index contributed by atoms with van der Waals surface area (Å²) in [5.74, 6) is 0.541. The zero-order chi connectivity index (χ0) is 19.7. The lowest BCUT2D eigenvalue weighted by atomic mass is 10.1. The highest BCUT2D eigenvalue weighted by Gasteiger charge is 2.36. The van der Waals surface area contributed by atoms with Crippen molar-refractivity contribution in [1.82, 2.24) is 20.2 Å². The van der Waals surface area contributed by atoms with Gasteiger partial charge in [0.15, 0.2) is 0 Å². The molecule has 3 aromatic rings. The van der Waals surface area contributed by atoms with Crippen LogP contribution in [0.2, 0.25) is 0 Å². The first kappa shape index (κ1) is 18.0. The number of para-hydroxylation sites is 2. The highest BCUT2D eigenvalue weighted by atomic mass is 16.2. The molecule has 0 fully saturated rings. The van der Waals surface area contributed by atoms with E-state index < -0.39 is 6.04 Å². The molecule has 2 N–H and O–H groups in total. The van der Waals surface area contributed by atoms with Gasteiger partial charge in [-0.3, -0.25) is 14.5 Å². The number of aryl methyl sites for hydroxylation is 1. The van der Waals surface area contributed by atoms with Crippen molar-refractivity contribution in [3.05, 3.63) is 72.1 Å². The third-order valence-corrected chi connectivity index (χ3v) is 5.07. The van der Waals surface area contributed by atoms with Crippen LogP contribution >= 0.6 is 0 Å². The lowest BCUT2D eigenvalue weighted by Crippen LogP contribution is -2.45. The van der Waals surface area contributed by atoms with E-state index in [4.69, 9.17) is 0 Å². The minimum absolute atomic E-state index is 0.175. The fourth-order valence-electron chi connectivity index (χ4n) is 3.57. The fraction of sp³-hybridized carbons (Fsp3) is 0.227. The van der Waals surface area contributed by atoms with Gasteiger partial charge in [0.05, 0.1) is 11.0 Å². The van der Waals surface area contributed by atoms with E-state index in [2.05, 4.69) is 21.9 Å². The Morgan fingerprint density at radius 3 is 2.64 bits per heavy atom. The summed E-state index contributed by atoms with van der Waals surface area (Å²) in [4.78, 5) is 34.5. The number of fused-ring (bicyclic) bond motifs is 2. The lowest BCUT2D eigenvalue weighted by molar-refractivity contribution is -0.124. The SMILES string of the molecule is C=C1c2ccccc2C(=O)N1[C@@H](C)C(=O)NCCCc1nc2ccccc2[nH]1. The Morgan fingerprint density at radius 2 is 1.89 bits per heavy atom. The molecule has 0 aliphatic carbocycles. The Morgan fingerprint density at radius 1 is 1.18 bits per heavy atom. The predicted octanol–water partition coefficient (Wildman–Crippen LogP) is 3.13. The summed E-state index contributed by atoms with van der Waals surface area (Å²) in [5.41, 5.74) is 3.92. The Hall–Kier alpha value is -3.41. The van der Waals surface area contributed by atoms with E-state index in [1.54, 1.807) is 13.0 Å². The van der Waals surface area contributed by atoms with Crippen LogP contribution in [0.5, 0.6) is 0 Å². The van der Waals surface area contributed by atoms with Crippen molar-refractivity contribution < 1.29 is 9.59 Å². The molecule has 4 rings (SSSR count). The number of rotatable bonds is 6. The number of nitrogens with zero attached hydrogens (tertiary/aromatic N) is 2. The molecule has 0 radical (unpaired) electrons. The molecule has 2 amide bonds. The van der Waals surface area contributed by atoms with Crippen molar-refractivity contribution >= 4 is 28.5 Å². The van der Waals surface area contributed by atoms with Crippen molar-refractivity contribution in [3.8, 4) is 0 Å². The van der Waals surface area contributed by atoms with Crippen molar-refractivity contribution in [1.29, 1.82) is 0 Å². The fourth-order valence-corrected chi connectivity index (χ4v) is 3.57. The Balaban J connectivity index is 1.31. The van der Waals surface area contributed by atoms with Crippen LogP contribution in [0.15, 0.2) is 55.1 Å². The first-order chi connectivity index (χ1) is 13.6. The third kappa shape index (κ3) is 3.17. The van der Waals surface area contributed by atoms with Crippen molar-refractivity contribution in [2.24, 2.45) is 0 Å². The van der Waals surface area contributed by atoms with E-state index in [1.807, 2.05) is 42.5 Å². The standard InChI is InChI=1S/C22H22N4O2/c1-14-16-8-3-4-9-17(16)22(28)26(14)15(2)21(27)23-13-7-12-20-24-18-10-5-6-11-19(18)25-20/h3-6,8-11,15H,1,7,12-13H2,2H3,(H,23,27)(H,24,25)/t15-/m0/s1. The minimum atomic E-state index is -0.612. The molecule has 1 aromatic heterocycles. The number of imidazole rings is 1. The maximum Gasteiger partial charge on any atom is 0.259 e. The van der Waals surface area contributed by atoms with Crippen LogP contribution in [-0.4, -0.2) is 39.3 Å². The Bertz CT molecular complexity index is 1000. The number of hydrogen-bond donors (Lipinski definition) is 2. The van der Waals surface area contributed by atoms with Gasteiger partial charge in [-0.25, -0.2) is 4.98 Å². The second-order valence-corrected chi connectivity index (χ2v) is 6.94. The summed E-state index contributed by atoms with van der Waals surface area (Å²) < 4.78 is 0. The maximum atomic E-state index is 12.6. The van der Waals surface area contributed by atoms with Gasteiger partial charge in [-0.2, -0.15) is 0 Å². The zero-order valence-electron chi connectivity index (χ0n) is 15.7. The molecule has 2 heterocycles. The van der Waals surface area contributed by atoms with E-state index in [9.17, 15) is 9.59 Å². The summed E-state index contributed by atoms with van der Waals surface area (Å²) in [7, 11) is 0. The maximum absolute atomic E-state index is 12.6. The van der Waals surface area contributed by atoms with Crippen molar-refractivity contribution in [3.63, 3.8) is 0 Å². The van der Waals surface area contributed by atoms with Gasteiger partial charge < -0.3 is 10.3 Å². The largest absolute Gasteiger partial charge is 0.354 e. The molecule has 1 aliphatic rings. The lowest BCUT2D eigenvalue weighted by Gasteiger charge is -2.24. The number of H-pyrrole nitrogens is 1. The summed E-state index contributed by atoms with van der Waals surface area (Å²) in [6.45, 7) is 6.24. The van der Waals surface area contributed by atoms with Gasteiger partial charge in [-0.1, -0.05) is 36.9 Å². The molecule has 0 unspecified atom stereocenters. The number of nitrogens with one attached hydrogen (secondary N) is 2. The molecule has 0 saturated carbocycles. The van der Waals surface area contributed by atoms with Gasteiger partial charge >= 0.3 is 0 Å². The van der Waals surface area contributed by atoms with Crippen LogP contribution < -0.4 is 5.32 Å². The first-order valence-corrected chi connectivity index (χ1v) is 9.39. The molecule has 142 valence electrons. The number of carbonyl (C=O) groups excluding carboxylic acids is 2.